The van der Waals surface area contributed by atoms with Crippen molar-refractivity contribution >= 4 is 28.5 Å². The molecule has 1 aliphatic rings. The van der Waals surface area contributed by atoms with Crippen LogP contribution in [-0.4, -0.2) is 27.7 Å². The van der Waals surface area contributed by atoms with Gasteiger partial charge in [0.2, 0.25) is 5.76 Å². The predicted octanol–water partition coefficient (Wildman–Crippen LogP) is 3.30. The van der Waals surface area contributed by atoms with E-state index in [0.29, 0.717) is 35.4 Å². The van der Waals surface area contributed by atoms with Crippen LogP contribution < -0.4 is 5.43 Å². The molecule has 0 radical (unpaired) electrons. The largest absolute Gasteiger partial charge is 0.475 e. The number of hydrazone groups is 1. The van der Waals surface area contributed by atoms with Crippen molar-refractivity contribution in [1.82, 2.24) is 10.4 Å². The van der Waals surface area contributed by atoms with Crippen LogP contribution in [0.4, 0.5) is 0 Å². The Kier molecular flexibility index (Phi) is 4.19. The van der Waals surface area contributed by atoms with E-state index >= 15 is 0 Å². The molecule has 0 aliphatic heterocycles. The van der Waals surface area contributed by atoms with Gasteiger partial charge in [0.25, 0.3) is 5.91 Å². The van der Waals surface area contributed by atoms with Gasteiger partial charge in [0, 0.05) is 22.9 Å². The van der Waals surface area contributed by atoms with Gasteiger partial charge < -0.3 is 9.52 Å². The number of pyridine rings is 1. The Bertz CT molecular complexity index is 1100. The number of fused-ring (bicyclic) bond motifs is 2. The first kappa shape index (κ1) is 17.0. The Hall–Kier alpha value is -3.48. The third-order valence-electron chi connectivity index (χ3n) is 4.64. The van der Waals surface area contributed by atoms with Crippen molar-refractivity contribution < 1.29 is 19.1 Å². The molecular weight excluding hydrogens is 346 g/mol. The van der Waals surface area contributed by atoms with E-state index in [1.165, 1.54) is 0 Å². The van der Waals surface area contributed by atoms with Gasteiger partial charge in [-0.1, -0.05) is 24.3 Å². The number of carboxylic acids is 1. The number of carboxylic acid groups (broad SMARTS) is 1. The van der Waals surface area contributed by atoms with Crippen molar-refractivity contribution in [3.05, 3.63) is 64.7 Å². The molecule has 0 saturated heterocycles. The van der Waals surface area contributed by atoms with E-state index in [-0.39, 0.29) is 11.5 Å². The summed E-state index contributed by atoms with van der Waals surface area (Å²) < 4.78 is 5.46. The first-order valence-electron chi connectivity index (χ1n) is 8.63. The fourth-order valence-corrected chi connectivity index (χ4v) is 3.35. The van der Waals surface area contributed by atoms with Gasteiger partial charge >= 0.3 is 5.97 Å². The minimum Gasteiger partial charge on any atom is -0.475 e. The summed E-state index contributed by atoms with van der Waals surface area (Å²) in [6.07, 6.45) is 2.07. The van der Waals surface area contributed by atoms with Crippen LogP contribution in [0.3, 0.4) is 0 Å². The lowest BCUT2D eigenvalue weighted by molar-refractivity contribution is 0.0659. The molecule has 27 heavy (non-hydrogen) atoms. The average molecular weight is 363 g/mol. The van der Waals surface area contributed by atoms with E-state index in [2.05, 4.69) is 15.5 Å². The molecule has 0 spiro atoms. The third-order valence-corrected chi connectivity index (χ3v) is 4.64. The Morgan fingerprint density at radius 3 is 2.81 bits per heavy atom. The second kappa shape index (κ2) is 6.68. The average Bonchev–Trinajstić information content (AvgIpc) is 3.03. The number of aromatic carboxylic acids is 1. The molecule has 7 nitrogen and oxygen atoms in total. The second-order valence-electron chi connectivity index (χ2n) is 6.40. The predicted molar refractivity (Wildman–Crippen MR) is 99.1 cm³/mol. The van der Waals surface area contributed by atoms with Gasteiger partial charge in [0.15, 0.2) is 0 Å². The number of hydrogen-bond acceptors (Lipinski definition) is 5. The second-order valence-corrected chi connectivity index (χ2v) is 6.40. The number of aromatic nitrogens is 1. The summed E-state index contributed by atoms with van der Waals surface area (Å²) in [4.78, 5) is 28.1. The van der Waals surface area contributed by atoms with Crippen LogP contribution in [0, 0.1) is 6.92 Å². The maximum absolute atomic E-state index is 12.4. The van der Waals surface area contributed by atoms with Crippen molar-refractivity contribution in [2.24, 2.45) is 5.10 Å². The minimum atomic E-state index is -1.11. The lowest BCUT2D eigenvalue weighted by Gasteiger charge is -2.13. The van der Waals surface area contributed by atoms with Crippen molar-refractivity contribution in [3.8, 4) is 0 Å². The number of carbonyl (C=O) groups excluding carboxylic acids is 1. The number of para-hydroxylation sites is 1. The van der Waals surface area contributed by atoms with Gasteiger partial charge in [-0.25, -0.2) is 15.2 Å². The number of benzene rings is 1. The van der Waals surface area contributed by atoms with Crippen LogP contribution in [0.1, 0.15) is 50.8 Å². The number of amides is 1. The van der Waals surface area contributed by atoms with Gasteiger partial charge in [-0.15, -0.1) is 0 Å². The van der Waals surface area contributed by atoms with Crippen LogP contribution in [-0.2, 0) is 6.42 Å². The Morgan fingerprint density at radius 2 is 2.00 bits per heavy atom. The third kappa shape index (κ3) is 3.08. The number of rotatable bonds is 3. The van der Waals surface area contributed by atoms with Gasteiger partial charge in [-0.3, -0.25) is 4.79 Å². The highest BCUT2D eigenvalue weighted by atomic mass is 16.4. The molecule has 1 amide bonds. The first-order valence-corrected chi connectivity index (χ1v) is 8.63. The number of hydrogen-bond donors (Lipinski definition) is 2. The molecule has 4 rings (SSSR count). The van der Waals surface area contributed by atoms with Gasteiger partial charge in [0.05, 0.1) is 11.2 Å². The normalized spacial score (nSPS) is 14.9. The monoisotopic (exact) mass is 363 g/mol. The minimum absolute atomic E-state index is 0.0721. The molecule has 7 heteroatoms. The van der Waals surface area contributed by atoms with Crippen LogP contribution in [0.5, 0.6) is 0 Å². The van der Waals surface area contributed by atoms with Crippen molar-refractivity contribution in [2.75, 3.05) is 0 Å². The summed E-state index contributed by atoms with van der Waals surface area (Å²) in [6, 6.07) is 11.0. The topological polar surface area (TPSA) is 105 Å². The Balaban J connectivity index is 1.61. The molecule has 1 aliphatic carbocycles. The van der Waals surface area contributed by atoms with Gasteiger partial charge in [-0.2, -0.15) is 5.10 Å². The number of aryl methyl sites for hydroxylation is 1. The van der Waals surface area contributed by atoms with E-state index in [4.69, 9.17) is 4.42 Å². The molecule has 136 valence electrons. The molecule has 1 aromatic carbocycles. The fourth-order valence-electron chi connectivity index (χ4n) is 3.35. The molecule has 0 saturated carbocycles. The lowest BCUT2D eigenvalue weighted by atomic mass is 9.93. The SMILES string of the molecule is Cc1c(C(=O)O)oc2c1/C(=N/NC(=O)c1ccc3ccccc3n1)CCC2. The van der Waals surface area contributed by atoms with Crippen molar-refractivity contribution in [1.29, 1.82) is 0 Å². The van der Waals surface area contributed by atoms with E-state index in [1.807, 2.05) is 30.3 Å². The molecule has 2 N–H and O–H groups in total. The maximum Gasteiger partial charge on any atom is 0.372 e. The van der Waals surface area contributed by atoms with E-state index in [9.17, 15) is 14.7 Å². The molecular formula is C20H17N3O4. The zero-order valence-corrected chi connectivity index (χ0v) is 14.7. The highest BCUT2D eigenvalue weighted by Gasteiger charge is 2.27. The van der Waals surface area contributed by atoms with Crippen molar-refractivity contribution in [3.63, 3.8) is 0 Å². The smallest absolute Gasteiger partial charge is 0.372 e. The molecule has 3 aromatic rings. The van der Waals surface area contributed by atoms with E-state index < -0.39 is 11.9 Å². The summed E-state index contributed by atoms with van der Waals surface area (Å²) in [5.41, 5.74) is 5.38. The van der Waals surface area contributed by atoms with Crippen molar-refractivity contribution in [2.45, 2.75) is 26.2 Å². The number of carbonyl (C=O) groups is 2. The summed E-state index contributed by atoms with van der Waals surface area (Å²) in [5.74, 6) is -0.990. The summed E-state index contributed by atoms with van der Waals surface area (Å²) >= 11 is 0. The van der Waals surface area contributed by atoms with E-state index in [0.717, 1.165) is 17.3 Å². The van der Waals surface area contributed by atoms with Crippen LogP contribution in [0.2, 0.25) is 0 Å². The lowest BCUT2D eigenvalue weighted by Crippen LogP contribution is -2.23. The van der Waals surface area contributed by atoms with E-state index in [1.54, 1.807) is 13.0 Å². The van der Waals surface area contributed by atoms with Gasteiger partial charge in [0.1, 0.15) is 11.5 Å². The Labute approximate surface area is 154 Å². The molecule has 0 atom stereocenters. The zero-order valence-electron chi connectivity index (χ0n) is 14.7. The fraction of sp³-hybridized carbons (Fsp3) is 0.200. The molecule has 2 aromatic heterocycles. The number of furan rings is 1. The Morgan fingerprint density at radius 1 is 1.19 bits per heavy atom. The molecule has 0 fully saturated rings. The maximum atomic E-state index is 12.4. The molecule has 0 unspecified atom stereocenters. The van der Waals surface area contributed by atoms with Crippen LogP contribution in [0.25, 0.3) is 10.9 Å². The summed E-state index contributed by atoms with van der Waals surface area (Å²) in [6.45, 7) is 1.69. The quantitative estimate of drug-likeness (QED) is 0.695. The number of nitrogens with zero attached hydrogens (tertiary/aromatic N) is 2. The standard InChI is InChI=1S/C20H17N3O4/c1-11-17-14(7-4-8-16(17)27-18(11)20(25)26)22-23-19(24)15-10-9-12-5-2-3-6-13(12)21-15/h2-3,5-6,9-10H,4,7-8H2,1H3,(H,23,24)(H,25,26)/b22-14+. The highest BCUT2D eigenvalue weighted by molar-refractivity contribution is 6.06. The molecule has 0 bridgehead atoms. The zero-order chi connectivity index (χ0) is 19.0. The molecule has 2 heterocycles. The summed E-state index contributed by atoms with van der Waals surface area (Å²) in [5, 5.41) is 14.4. The van der Waals surface area contributed by atoms with Crippen LogP contribution >= 0.6 is 0 Å². The number of nitrogens with one attached hydrogen (secondary N) is 1. The van der Waals surface area contributed by atoms with Gasteiger partial charge in [-0.05, 0) is 31.9 Å². The van der Waals surface area contributed by atoms with Crippen LogP contribution in [0.15, 0.2) is 45.9 Å². The highest BCUT2D eigenvalue weighted by Crippen LogP contribution is 2.29. The summed E-state index contributed by atoms with van der Waals surface area (Å²) in [7, 11) is 0. The first-order chi connectivity index (χ1) is 13.0.